The average molecular weight is 631 g/mol. The standard InChI is InChI=1S/C19H12NO.C12H10N.Ir/c1-2-4-14(5-3-1)15-6-8-16(9-7-15)19-17-11-13-21-18(17)10-12-20-19;1-10-6-5-9-12(13-10)11-7-3-2-4-8-11;/h1-8,10-13H;2-7,9H,1H3;/q2*-1;. The number of hydrogen-bond donors (Lipinski definition) is 0. The molecule has 0 fully saturated rings. The van der Waals surface area contributed by atoms with Crippen molar-refractivity contribution in [1.82, 2.24) is 9.97 Å². The van der Waals surface area contributed by atoms with Crippen LogP contribution in [0.5, 0.6) is 0 Å². The summed E-state index contributed by atoms with van der Waals surface area (Å²) in [6.45, 7) is 1.99. The van der Waals surface area contributed by atoms with E-state index >= 15 is 0 Å². The molecule has 0 N–H and O–H groups in total. The molecule has 0 atom stereocenters. The molecule has 0 aliphatic heterocycles. The number of nitrogens with zero attached hydrogens (tertiary/aromatic N) is 2. The van der Waals surface area contributed by atoms with Crippen molar-refractivity contribution in [2.24, 2.45) is 0 Å². The molecule has 4 heteroatoms. The van der Waals surface area contributed by atoms with Crippen molar-refractivity contribution in [3.8, 4) is 33.6 Å². The van der Waals surface area contributed by atoms with Crippen LogP contribution in [0.2, 0.25) is 0 Å². The van der Waals surface area contributed by atoms with E-state index in [0.717, 1.165) is 44.7 Å². The van der Waals surface area contributed by atoms with Crippen molar-refractivity contribution in [2.45, 2.75) is 6.92 Å². The molecule has 35 heavy (non-hydrogen) atoms. The molecule has 0 saturated heterocycles. The average Bonchev–Trinajstić information content (AvgIpc) is 3.40. The maximum Gasteiger partial charge on any atom is 0.128 e. The maximum absolute atomic E-state index is 5.42. The molecule has 0 aliphatic rings. The Bertz CT molecular complexity index is 1490. The number of rotatable bonds is 3. The summed E-state index contributed by atoms with van der Waals surface area (Å²) in [5.41, 5.74) is 8.14. The second-order valence-electron chi connectivity index (χ2n) is 7.79. The second-order valence-corrected chi connectivity index (χ2v) is 7.79. The summed E-state index contributed by atoms with van der Waals surface area (Å²) in [6, 6.07) is 40.6. The summed E-state index contributed by atoms with van der Waals surface area (Å²) < 4.78 is 5.42. The summed E-state index contributed by atoms with van der Waals surface area (Å²) in [4.78, 5) is 8.87. The Kier molecular flexibility index (Phi) is 7.99. The van der Waals surface area contributed by atoms with E-state index in [1.807, 2.05) is 85.8 Å². The first kappa shape index (κ1) is 24.3. The van der Waals surface area contributed by atoms with Crippen LogP contribution >= 0.6 is 0 Å². The van der Waals surface area contributed by atoms with Gasteiger partial charge >= 0.3 is 0 Å². The van der Waals surface area contributed by atoms with Crippen LogP contribution in [-0.2, 0) is 20.1 Å². The molecule has 3 aromatic heterocycles. The van der Waals surface area contributed by atoms with Crippen molar-refractivity contribution in [3.63, 3.8) is 0 Å². The molecule has 0 saturated carbocycles. The molecule has 3 aromatic carbocycles. The third-order valence-electron chi connectivity index (χ3n) is 5.43. The van der Waals surface area contributed by atoms with Crippen LogP contribution in [0.4, 0.5) is 0 Å². The van der Waals surface area contributed by atoms with Crippen molar-refractivity contribution in [1.29, 1.82) is 0 Å². The molecular weight excluding hydrogens is 609 g/mol. The summed E-state index contributed by atoms with van der Waals surface area (Å²) >= 11 is 0. The quantitative estimate of drug-likeness (QED) is 0.187. The van der Waals surface area contributed by atoms with Gasteiger partial charge in [0.15, 0.2) is 0 Å². The minimum atomic E-state index is 0. The van der Waals surface area contributed by atoms with E-state index in [9.17, 15) is 0 Å². The van der Waals surface area contributed by atoms with Gasteiger partial charge in [0.05, 0.1) is 6.26 Å². The fraction of sp³-hybridized carbons (Fsp3) is 0.0323. The first-order valence-electron chi connectivity index (χ1n) is 11.1. The third kappa shape index (κ3) is 5.81. The number of fused-ring (bicyclic) bond motifs is 1. The Morgan fingerprint density at radius 1 is 0.714 bits per heavy atom. The van der Waals surface area contributed by atoms with Gasteiger partial charge in [0.1, 0.15) is 5.58 Å². The predicted molar refractivity (Wildman–Crippen MR) is 137 cm³/mol. The van der Waals surface area contributed by atoms with Crippen molar-refractivity contribution >= 4 is 11.0 Å². The normalized spacial score (nSPS) is 10.2. The summed E-state index contributed by atoms with van der Waals surface area (Å²) in [7, 11) is 0. The van der Waals surface area contributed by atoms with Crippen LogP contribution in [0, 0.1) is 19.1 Å². The van der Waals surface area contributed by atoms with Crippen LogP contribution < -0.4 is 0 Å². The number of hydrogen-bond acceptors (Lipinski definition) is 3. The molecule has 1 radical (unpaired) electrons. The zero-order valence-corrected chi connectivity index (χ0v) is 21.5. The molecule has 6 aromatic rings. The summed E-state index contributed by atoms with van der Waals surface area (Å²) in [6.07, 6.45) is 3.45. The van der Waals surface area contributed by atoms with E-state index in [0.29, 0.717) is 0 Å². The van der Waals surface area contributed by atoms with Gasteiger partial charge in [-0.15, -0.1) is 65.7 Å². The van der Waals surface area contributed by atoms with Gasteiger partial charge in [-0.1, -0.05) is 53.6 Å². The minimum Gasteiger partial charge on any atom is -0.465 e. The summed E-state index contributed by atoms with van der Waals surface area (Å²) in [5.74, 6) is 0. The Balaban J connectivity index is 0.000000179. The number of aromatic nitrogens is 2. The Hall–Kier alpha value is -3.85. The maximum atomic E-state index is 5.42. The van der Waals surface area contributed by atoms with Crippen LogP contribution in [0.1, 0.15) is 5.69 Å². The smallest absolute Gasteiger partial charge is 0.128 e. The first-order chi connectivity index (χ1) is 16.8. The van der Waals surface area contributed by atoms with Crippen molar-refractivity contribution in [3.05, 3.63) is 133 Å². The van der Waals surface area contributed by atoms with Crippen LogP contribution in [0.3, 0.4) is 0 Å². The molecular formula is C31H22IrN2O-2. The van der Waals surface area contributed by atoms with Gasteiger partial charge in [-0.05, 0) is 36.5 Å². The number of furan rings is 1. The molecule has 0 unspecified atom stereocenters. The fourth-order valence-corrected chi connectivity index (χ4v) is 3.74. The van der Waals surface area contributed by atoms with E-state index in [-0.39, 0.29) is 20.1 Å². The van der Waals surface area contributed by atoms with Gasteiger partial charge in [-0.2, -0.15) is 0 Å². The zero-order valence-electron chi connectivity index (χ0n) is 19.1. The van der Waals surface area contributed by atoms with Gasteiger partial charge in [-0.3, -0.25) is 0 Å². The summed E-state index contributed by atoms with van der Waals surface area (Å²) in [5, 5.41) is 1.02. The van der Waals surface area contributed by atoms with E-state index in [4.69, 9.17) is 4.42 Å². The Morgan fingerprint density at radius 2 is 1.57 bits per heavy atom. The Morgan fingerprint density at radius 3 is 2.31 bits per heavy atom. The SMILES string of the molecule is Cc1cccc(-c2[c-]cccc2)n1.[Ir].[c-]1cc(-c2ccccc2)ccc1-c1nccc2occc12. The van der Waals surface area contributed by atoms with Gasteiger partial charge < -0.3 is 14.4 Å². The molecule has 0 aliphatic carbocycles. The van der Waals surface area contributed by atoms with E-state index in [1.165, 1.54) is 5.56 Å². The van der Waals surface area contributed by atoms with Gasteiger partial charge in [0.25, 0.3) is 0 Å². The van der Waals surface area contributed by atoms with E-state index in [1.54, 1.807) is 12.5 Å². The second kappa shape index (κ2) is 11.5. The fourth-order valence-electron chi connectivity index (χ4n) is 3.74. The molecule has 6 rings (SSSR count). The molecule has 0 spiro atoms. The zero-order chi connectivity index (χ0) is 23.2. The minimum absolute atomic E-state index is 0. The number of aryl methyl sites for hydroxylation is 1. The van der Waals surface area contributed by atoms with E-state index in [2.05, 4.69) is 46.4 Å². The Labute approximate surface area is 218 Å². The topological polar surface area (TPSA) is 38.9 Å². The molecule has 0 amide bonds. The molecule has 3 nitrogen and oxygen atoms in total. The van der Waals surface area contributed by atoms with Crippen LogP contribution in [-0.4, -0.2) is 9.97 Å². The van der Waals surface area contributed by atoms with Gasteiger partial charge in [-0.25, -0.2) is 0 Å². The van der Waals surface area contributed by atoms with Crippen LogP contribution in [0.15, 0.2) is 120 Å². The predicted octanol–water partition coefficient (Wildman–Crippen LogP) is 7.82. The van der Waals surface area contributed by atoms with Crippen molar-refractivity contribution < 1.29 is 24.5 Å². The third-order valence-corrected chi connectivity index (χ3v) is 5.43. The van der Waals surface area contributed by atoms with Crippen LogP contribution in [0.25, 0.3) is 44.6 Å². The number of pyridine rings is 2. The van der Waals surface area contributed by atoms with Crippen molar-refractivity contribution in [2.75, 3.05) is 0 Å². The molecule has 0 bridgehead atoms. The molecule has 173 valence electrons. The van der Waals surface area contributed by atoms with Gasteiger partial charge in [0.2, 0.25) is 0 Å². The first-order valence-corrected chi connectivity index (χ1v) is 11.1. The van der Waals surface area contributed by atoms with Gasteiger partial charge in [0, 0.05) is 37.4 Å². The number of benzene rings is 3. The molecule has 3 heterocycles. The van der Waals surface area contributed by atoms with E-state index < -0.39 is 0 Å². The largest absolute Gasteiger partial charge is 0.465 e. The monoisotopic (exact) mass is 631 g/mol.